The molecule has 0 fully saturated rings. The maximum Gasteiger partial charge on any atom is 0.227 e. The maximum atomic E-state index is 11.8. The molecule has 0 aliphatic carbocycles. The molecule has 0 bridgehead atoms. The second kappa shape index (κ2) is 9.09. The van der Waals surface area contributed by atoms with Crippen molar-refractivity contribution in [1.82, 2.24) is 5.32 Å². The van der Waals surface area contributed by atoms with Crippen molar-refractivity contribution in [2.75, 3.05) is 17.7 Å². The number of hydrogen-bond acceptors (Lipinski definition) is 4. The first-order valence-corrected chi connectivity index (χ1v) is 7.88. The van der Waals surface area contributed by atoms with Gasteiger partial charge >= 0.3 is 0 Å². The zero-order valence-electron chi connectivity index (χ0n) is 13.9. The van der Waals surface area contributed by atoms with Gasteiger partial charge in [0.25, 0.3) is 0 Å². The molecule has 2 amide bonds. The Morgan fingerprint density at radius 3 is 2.52 bits per heavy atom. The van der Waals surface area contributed by atoms with E-state index in [1.165, 1.54) is 7.11 Å². The quantitative estimate of drug-likeness (QED) is 0.696. The summed E-state index contributed by atoms with van der Waals surface area (Å²) in [5.74, 6) is 0.162. The van der Waals surface area contributed by atoms with E-state index in [9.17, 15) is 9.59 Å². The van der Waals surface area contributed by atoms with Crippen molar-refractivity contribution in [2.45, 2.75) is 33.6 Å². The SMILES string of the molecule is CCCC(=O)NC(=S)Nc1ccc(NC(=O)C(C)C)c(OC)c1. The Bertz CT molecular complexity index is 588. The fraction of sp³-hybridized carbons (Fsp3) is 0.438. The topological polar surface area (TPSA) is 79.5 Å². The van der Waals surface area contributed by atoms with Gasteiger partial charge in [0.05, 0.1) is 12.8 Å². The van der Waals surface area contributed by atoms with Gasteiger partial charge in [-0.1, -0.05) is 20.8 Å². The van der Waals surface area contributed by atoms with E-state index in [2.05, 4.69) is 16.0 Å². The molecule has 0 aliphatic heterocycles. The largest absolute Gasteiger partial charge is 0.494 e. The van der Waals surface area contributed by atoms with Crippen LogP contribution in [0.4, 0.5) is 11.4 Å². The van der Waals surface area contributed by atoms with Crippen LogP contribution in [0.3, 0.4) is 0 Å². The summed E-state index contributed by atoms with van der Waals surface area (Å²) in [7, 11) is 1.52. The average molecular weight is 337 g/mol. The van der Waals surface area contributed by atoms with Gasteiger partial charge in [-0.25, -0.2) is 0 Å². The highest BCUT2D eigenvalue weighted by Gasteiger charge is 2.12. The highest BCUT2D eigenvalue weighted by Crippen LogP contribution is 2.28. The molecule has 1 rings (SSSR count). The molecule has 7 heteroatoms. The van der Waals surface area contributed by atoms with Crippen molar-refractivity contribution < 1.29 is 14.3 Å². The number of carbonyl (C=O) groups is 2. The van der Waals surface area contributed by atoms with Crippen molar-refractivity contribution >= 4 is 40.5 Å². The summed E-state index contributed by atoms with van der Waals surface area (Å²) < 4.78 is 5.28. The van der Waals surface area contributed by atoms with Crippen LogP contribution in [0.15, 0.2) is 18.2 Å². The van der Waals surface area contributed by atoms with Crippen LogP contribution in [0.5, 0.6) is 5.75 Å². The molecule has 0 atom stereocenters. The average Bonchev–Trinajstić information content (AvgIpc) is 2.48. The minimum absolute atomic E-state index is 0.0913. The van der Waals surface area contributed by atoms with Gasteiger partial charge < -0.3 is 20.7 Å². The number of nitrogens with one attached hydrogen (secondary N) is 3. The summed E-state index contributed by atoms with van der Waals surface area (Å²) in [5, 5.41) is 8.54. The van der Waals surface area contributed by atoms with Crippen LogP contribution >= 0.6 is 12.2 Å². The van der Waals surface area contributed by atoms with E-state index in [-0.39, 0.29) is 22.8 Å². The molecule has 1 aromatic rings. The van der Waals surface area contributed by atoms with E-state index < -0.39 is 0 Å². The lowest BCUT2D eigenvalue weighted by molar-refractivity contribution is -0.120. The molecular weight excluding hydrogens is 314 g/mol. The van der Waals surface area contributed by atoms with Gasteiger partial charge in [-0.2, -0.15) is 0 Å². The van der Waals surface area contributed by atoms with Crippen LogP contribution in [-0.4, -0.2) is 24.0 Å². The van der Waals surface area contributed by atoms with E-state index in [4.69, 9.17) is 17.0 Å². The highest BCUT2D eigenvalue weighted by atomic mass is 32.1. The van der Waals surface area contributed by atoms with Gasteiger partial charge in [-0.3, -0.25) is 9.59 Å². The van der Waals surface area contributed by atoms with Crippen molar-refractivity contribution in [3.05, 3.63) is 18.2 Å². The lowest BCUT2D eigenvalue weighted by atomic mass is 10.2. The normalized spacial score (nSPS) is 10.1. The first-order valence-electron chi connectivity index (χ1n) is 7.47. The molecule has 1 aromatic carbocycles. The van der Waals surface area contributed by atoms with E-state index >= 15 is 0 Å². The van der Waals surface area contributed by atoms with Crippen molar-refractivity contribution in [3.63, 3.8) is 0 Å². The van der Waals surface area contributed by atoms with Crippen LogP contribution in [0.1, 0.15) is 33.6 Å². The Hall–Kier alpha value is -2.15. The lowest BCUT2D eigenvalue weighted by Gasteiger charge is -2.14. The summed E-state index contributed by atoms with van der Waals surface area (Å²) >= 11 is 5.09. The van der Waals surface area contributed by atoms with Crippen molar-refractivity contribution in [3.8, 4) is 5.75 Å². The number of benzene rings is 1. The number of amides is 2. The molecular formula is C16H23N3O3S. The minimum Gasteiger partial charge on any atom is -0.494 e. The van der Waals surface area contributed by atoms with Crippen LogP contribution in [0.2, 0.25) is 0 Å². The summed E-state index contributed by atoms with van der Waals surface area (Å²) in [6, 6.07) is 5.17. The number of hydrogen-bond donors (Lipinski definition) is 3. The van der Waals surface area contributed by atoms with E-state index in [0.29, 0.717) is 23.5 Å². The van der Waals surface area contributed by atoms with Gasteiger partial charge in [0.1, 0.15) is 5.75 Å². The molecule has 0 spiro atoms. The first-order chi connectivity index (χ1) is 10.9. The minimum atomic E-state index is -0.127. The van der Waals surface area contributed by atoms with Gasteiger partial charge in [0.15, 0.2) is 5.11 Å². The summed E-state index contributed by atoms with van der Waals surface area (Å²) in [4.78, 5) is 23.3. The van der Waals surface area contributed by atoms with Gasteiger partial charge in [0.2, 0.25) is 11.8 Å². The molecule has 0 unspecified atom stereocenters. The fourth-order valence-corrected chi connectivity index (χ4v) is 1.96. The predicted octanol–water partition coefficient (Wildman–Crippen LogP) is 2.90. The van der Waals surface area contributed by atoms with Crippen LogP contribution in [0.25, 0.3) is 0 Å². The van der Waals surface area contributed by atoms with Gasteiger partial charge in [-0.15, -0.1) is 0 Å². The molecule has 0 aliphatic rings. The first kappa shape index (κ1) is 18.9. The highest BCUT2D eigenvalue weighted by molar-refractivity contribution is 7.80. The molecule has 3 N–H and O–H groups in total. The molecule has 0 saturated carbocycles. The molecule has 6 nitrogen and oxygen atoms in total. The summed E-state index contributed by atoms with van der Waals surface area (Å²) in [6.45, 7) is 5.55. The predicted molar refractivity (Wildman–Crippen MR) is 95.7 cm³/mol. The monoisotopic (exact) mass is 337 g/mol. The second-order valence-electron chi connectivity index (χ2n) is 5.31. The zero-order chi connectivity index (χ0) is 17.4. The Kier molecular flexibility index (Phi) is 7.47. The molecule has 126 valence electrons. The molecule has 23 heavy (non-hydrogen) atoms. The summed E-state index contributed by atoms with van der Waals surface area (Å²) in [5.41, 5.74) is 1.24. The third-order valence-corrected chi connectivity index (χ3v) is 3.18. The second-order valence-corrected chi connectivity index (χ2v) is 5.72. The van der Waals surface area contributed by atoms with Gasteiger partial charge in [0, 0.05) is 24.1 Å². The van der Waals surface area contributed by atoms with E-state index in [1.54, 1.807) is 18.2 Å². The van der Waals surface area contributed by atoms with Crippen molar-refractivity contribution in [2.24, 2.45) is 5.92 Å². The Morgan fingerprint density at radius 2 is 1.96 bits per heavy atom. The lowest BCUT2D eigenvalue weighted by Crippen LogP contribution is -2.33. The number of anilines is 2. The number of methoxy groups -OCH3 is 1. The number of carbonyl (C=O) groups excluding carboxylic acids is 2. The zero-order valence-corrected chi connectivity index (χ0v) is 14.7. The summed E-state index contributed by atoms with van der Waals surface area (Å²) in [6.07, 6.45) is 1.18. The third kappa shape index (κ3) is 6.23. The fourth-order valence-electron chi connectivity index (χ4n) is 1.73. The van der Waals surface area contributed by atoms with Crippen LogP contribution in [0, 0.1) is 5.92 Å². The molecule has 0 heterocycles. The molecule has 0 saturated heterocycles. The van der Waals surface area contributed by atoms with Crippen molar-refractivity contribution in [1.29, 1.82) is 0 Å². The standard InChI is InChI=1S/C16H23N3O3S/c1-5-6-14(20)19-16(23)17-11-7-8-12(13(9-11)22-4)18-15(21)10(2)3/h7-10H,5-6H2,1-4H3,(H,18,21)(H2,17,19,20,23). The third-order valence-electron chi connectivity index (χ3n) is 2.97. The Morgan fingerprint density at radius 1 is 1.26 bits per heavy atom. The number of ether oxygens (including phenoxy) is 1. The van der Waals surface area contributed by atoms with Crippen LogP contribution < -0.4 is 20.7 Å². The molecule has 0 aromatic heterocycles. The van der Waals surface area contributed by atoms with E-state index in [0.717, 1.165) is 6.42 Å². The Labute approximate surface area is 142 Å². The van der Waals surface area contributed by atoms with Gasteiger partial charge in [-0.05, 0) is 30.8 Å². The Balaban J connectivity index is 2.77. The smallest absolute Gasteiger partial charge is 0.227 e. The van der Waals surface area contributed by atoms with Crippen LogP contribution in [-0.2, 0) is 9.59 Å². The maximum absolute atomic E-state index is 11.8. The number of thiocarbonyl (C=S) groups is 1. The van der Waals surface area contributed by atoms with E-state index in [1.807, 2.05) is 20.8 Å². The number of rotatable bonds is 6. The molecule has 0 radical (unpaired) electrons.